The molecular weight excluding hydrogens is 256 g/mol. The molecule has 5 heteroatoms. The molecule has 108 valence electrons. The minimum atomic E-state index is -0.468. The Morgan fingerprint density at radius 3 is 2.65 bits per heavy atom. The predicted molar refractivity (Wildman–Crippen MR) is 75.3 cm³/mol. The third kappa shape index (κ3) is 3.50. The van der Waals surface area contributed by atoms with E-state index in [1.54, 1.807) is 11.8 Å². The van der Waals surface area contributed by atoms with Crippen LogP contribution in [0.5, 0.6) is 5.75 Å². The summed E-state index contributed by atoms with van der Waals surface area (Å²) >= 11 is 0. The first-order valence-corrected chi connectivity index (χ1v) is 6.85. The van der Waals surface area contributed by atoms with Gasteiger partial charge in [0.1, 0.15) is 18.4 Å². The van der Waals surface area contributed by atoms with E-state index in [4.69, 9.17) is 4.74 Å². The van der Waals surface area contributed by atoms with Crippen LogP contribution in [-0.2, 0) is 9.59 Å². The number of carbonyl (C=O) groups excluding carboxylic acids is 2. The van der Waals surface area contributed by atoms with Crippen LogP contribution in [0.15, 0.2) is 30.3 Å². The van der Waals surface area contributed by atoms with E-state index in [-0.39, 0.29) is 17.9 Å². The molecule has 1 heterocycles. The normalized spacial score (nSPS) is 23.2. The Morgan fingerprint density at radius 1 is 1.25 bits per heavy atom. The number of nitrogens with one attached hydrogen (secondary N) is 1. The lowest BCUT2D eigenvalue weighted by Gasteiger charge is -2.27. The molecule has 0 aliphatic carbocycles. The SMILES string of the molecule is CC1NC(=O)CC(C)N(CCOc2ccccc2)C1=O. The fourth-order valence-electron chi connectivity index (χ4n) is 2.32. The van der Waals surface area contributed by atoms with Gasteiger partial charge in [-0.3, -0.25) is 9.59 Å². The lowest BCUT2D eigenvalue weighted by molar-refractivity contribution is -0.134. The number of nitrogens with zero attached hydrogens (tertiary/aromatic N) is 1. The molecule has 20 heavy (non-hydrogen) atoms. The first-order valence-electron chi connectivity index (χ1n) is 6.85. The lowest BCUT2D eigenvalue weighted by atomic mass is 10.2. The number of carbonyl (C=O) groups is 2. The highest BCUT2D eigenvalue weighted by Crippen LogP contribution is 2.12. The summed E-state index contributed by atoms with van der Waals surface area (Å²) in [6.07, 6.45) is 0.335. The second-order valence-electron chi connectivity index (χ2n) is 5.04. The molecule has 0 saturated carbocycles. The van der Waals surface area contributed by atoms with Gasteiger partial charge < -0.3 is 15.0 Å². The van der Waals surface area contributed by atoms with Gasteiger partial charge in [0.25, 0.3) is 0 Å². The van der Waals surface area contributed by atoms with E-state index < -0.39 is 6.04 Å². The van der Waals surface area contributed by atoms with E-state index in [1.807, 2.05) is 37.3 Å². The number of benzene rings is 1. The number of para-hydroxylation sites is 1. The van der Waals surface area contributed by atoms with E-state index in [0.29, 0.717) is 19.6 Å². The summed E-state index contributed by atoms with van der Waals surface area (Å²) in [6.45, 7) is 4.50. The Kier molecular flexibility index (Phi) is 4.61. The molecule has 1 aromatic carbocycles. The van der Waals surface area contributed by atoms with Gasteiger partial charge >= 0.3 is 0 Å². The first kappa shape index (κ1) is 14.4. The third-order valence-corrected chi connectivity index (χ3v) is 3.39. The molecule has 0 bridgehead atoms. The zero-order valence-corrected chi connectivity index (χ0v) is 11.8. The average Bonchev–Trinajstić information content (AvgIpc) is 2.51. The molecule has 2 atom stereocenters. The molecule has 1 aliphatic heterocycles. The Labute approximate surface area is 118 Å². The standard InChI is InChI=1S/C15H20N2O3/c1-11-10-14(18)16-12(2)15(19)17(11)8-9-20-13-6-4-3-5-7-13/h3-7,11-12H,8-10H2,1-2H3,(H,16,18). The summed E-state index contributed by atoms with van der Waals surface area (Å²) in [5, 5.41) is 2.69. The van der Waals surface area contributed by atoms with Gasteiger partial charge in [0.15, 0.2) is 0 Å². The van der Waals surface area contributed by atoms with Gasteiger partial charge in [0.05, 0.1) is 6.54 Å². The molecule has 1 saturated heterocycles. The van der Waals surface area contributed by atoms with Gasteiger partial charge in [-0.2, -0.15) is 0 Å². The van der Waals surface area contributed by atoms with Crippen molar-refractivity contribution < 1.29 is 14.3 Å². The number of amides is 2. The molecule has 0 radical (unpaired) electrons. The van der Waals surface area contributed by atoms with Crippen molar-refractivity contribution in [1.29, 1.82) is 0 Å². The van der Waals surface area contributed by atoms with E-state index >= 15 is 0 Å². The van der Waals surface area contributed by atoms with Crippen molar-refractivity contribution in [2.45, 2.75) is 32.4 Å². The van der Waals surface area contributed by atoms with Crippen molar-refractivity contribution in [3.05, 3.63) is 30.3 Å². The Morgan fingerprint density at radius 2 is 1.95 bits per heavy atom. The number of hydrogen-bond acceptors (Lipinski definition) is 3. The van der Waals surface area contributed by atoms with Crippen molar-refractivity contribution in [3.63, 3.8) is 0 Å². The summed E-state index contributed by atoms with van der Waals surface area (Å²) in [7, 11) is 0. The second-order valence-corrected chi connectivity index (χ2v) is 5.04. The fraction of sp³-hybridized carbons (Fsp3) is 0.467. The Balaban J connectivity index is 1.92. The van der Waals surface area contributed by atoms with Crippen LogP contribution in [0, 0.1) is 0 Å². The van der Waals surface area contributed by atoms with Gasteiger partial charge in [-0.25, -0.2) is 0 Å². The number of ether oxygens (including phenoxy) is 1. The molecule has 1 fully saturated rings. The monoisotopic (exact) mass is 276 g/mol. The van der Waals surface area contributed by atoms with Gasteiger partial charge in [-0.05, 0) is 26.0 Å². The minimum Gasteiger partial charge on any atom is -0.492 e. The van der Waals surface area contributed by atoms with Crippen molar-refractivity contribution in [2.75, 3.05) is 13.2 Å². The highest BCUT2D eigenvalue weighted by atomic mass is 16.5. The minimum absolute atomic E-state index is 0.0555. The lowest BCUT2D eigenvalue weighted by Crippen LogP contribution is -2.46. The summed E-state index contributed by atoms with van der Waals surface area (Å²) in [6, 6.07) is 8.91. The topological polar surface area (TPSA) is 58.6 Å². The van der Waals surface area contributed by atoms with E-state index in [0.717, 1.165) is 5.75 Å². The quantitative estimate of drug-likeness (QED) is 0.898. The Hall–Kier alpha value is -2.04. The molecule has 0 spiro atoms. The molecular formula is C15H20N2O3. The van der Waals surface area contributed by atoms with Crippen molar-refractivity contribution in [3.8, 4) is 5.75 Å². The molecule has 2 unspecified atom stereocenters. The zero-order chi connectivity index (χ0) is 14.5. The molecule has 1 N–H and O–H groups in total. The number of hydrogen-bond donors (Lipinski definition) is 1. The van der Waals surface area contributed by atoms with Crippen LogP contribution in [0.1, 0.15) is 20.3 Å². The predicted octanol–water partition coefficient (Wildman–Crippen LogP) is 1.19. The van der Waals surface area contributed by atoms with Crippen LogP contribution < -0.4 is 10.1 Å². The third-order valence-electron chi connectivity index (χ3n) is 3.39. The average molecular weight is 276 g/mol. The van der Waals surface area contributed by atoms with Crippen LogP contribution in [0.2, 0.25) is 0 Å². The fourth-order valence-corrected chi connectivity index (χ4v) is 2.32. The van der Waals surface area contributed by atoms with Gasteiger partial charge in [-0.15, -0.1) is 0 Å². The maximum absolute atomic E-state index is 12.2. The zero-order valence-electron chi connectivity index (χ0n) is 11.8. The van der Waals surface area contributed by atoms with Gasteiger partial charge in [0.2, 0.25) is 11.8 Å². The van der Waals surface area contributed by atoms with Crippen molar-refractivity contribution in [2.24, 2.45) is 0 Å². The summed E-state index contributed by atoms with van der Waals surface area (Å²) in [5.74, 6) is 0.648. The van der Waals surface area contributed by atoms with Crippen LogP contribution in [0.25, 0.3) is 0 Å². The Bertz CT molecular complexity index is 475. The molecule has 0 aromatic heterocycles. The highest BCUT2D eigenvalue weighted by Gasteiger charge is 2.30. The van der Waals surface area contributed by atoms with E-state index in [2.05, 4.69) is 5.32 Å². The van der Waals surface area contributed by atoms with Crippen LogP contribution >= 0.6 is 0 Å². The maximum atomic E-state index is 12.2. The molecule has 1 aromatic rings. The molecule has 2 amide bonds. The van der Waals surface area contributed by atoms with Gasteiger partial charge in [-0.1, -0.05) is 18.2 Å². The molecule has 1 aliphatic rings. The van der Waals surface area contributed by atoms with Crippen LogP contribution in [0.4, 0.5) is 0 Å². The van der Waals surface area contributed by atoms with Crippen LogP contribution in [0.3, 0.4) is 0 Å². The highest BCUT2D eigenvalue weighted by molar-refractivity contribution is 5.90. The van der Waals surface area contributed by atoms with Crippen LogP contribution in [-0.4, -0.2) is 41.9 Å². The summed E-state index contributed by atoms with van der Waals surface area (Å²) < 4.78 is 5.61. The summed E-state index contributed by atoms with van der Waals surface area (Å²) in [5.41, 5.74) is 0. The van der Waals surface area contributed by atoms with E-state index in [9.17, 15) is 9.59 Å². The van der Waals surface area contributed by atoms with Gasteiger partial charge in [0, 0.05) is 12.5 Å². The molecule has 5 nitrogen and oxygen atoms in total. The maximum Gasteiger partial charge on any atom is 0.245 e. The van der Waals surface area contributed by atoms with Crippen molar-refractivity contribution in [1.82, 2.24) is 10.2 Å². The van der Waals surface area contributed by atoms with Crippen molar-refractivity contribution >= 4 is 11.8 Å². The molecule has 2 rings (SSSR count). The second kappa shape index (κ2) is 6.41. The largest absolute Gasteiger partial charge is 0.492 e. The number of rotatable bonds is 4. The summed E-state index contributed by atoms with van der Waals surface area (Å²) in [4.78, 5) is 25.5. The smallest absolute Gasteiger partial charge is 0.245 e. The van der Waals surface area contributed by atoms with E-state index in [1.165, 1.54) is 0 Å². The first-order chi connectivity index (χ1) is 9.58.